The maximum absolute atomic E-state index is 11.2. The molecule has 2 aromatic rings. The highest BCUT2D eigenvalue weighted by Crippen LogP contribution is 2.26. The molecule has 0 amide bonds. The van der Waals surface area contributed by atoms with Crippen molar-refractivity contribution in [2.45, 2.75) is 38.8 Å². The van der Waals surface area contributed by atoms with Crippen molar-refractivity contribution in [3.63, 3.8) is 0 Å². The molecule has 0 aliphatic heterocycles. The Bertz CT molecular complexity index is 552. The monoisotopic (exact) mass is 314 g/mol. The predicted molar refractivity (Wildman–Crippen MR) is 87.7 cm³/mol. The first-order valence-electron chi connectivity index (χ1n) is 7.71. The van der Waals surface area contributed by atoms with E-state index in [0.29, 0.717) is 19.6 Å². The van der Waals surface area contributed by atoms with Crippen molar-refractivity contribution in [3.8, 4) is 0 Å². The molecule has 0 heterocycles. The lowest BCUT2D eigenvalue weighted by Gasteiger charge is -2.31. The van der Waals surface area contributed by atoms with E-state index in [9.17, 15) is 9.90 Å². The summed E-state index contributed by atoms with van der Waals surface area (Å²) in [5, 5.41) is 9.21. The molecule has 0 atom stereocenters. The van der Waals surface area contributed by atoms with Gasteiger partial charge in [-0.1, -0.05) is 67.6 Å². The van der Waals surface area contributed by atoms with Gasteiger partial charge in [0.1, 0.15) is 0 Å². The number of aliphatic carboxylic acids is 1. The van der Waals surface area contributed by atoms with E-state index in [4.69, 9.17) is 9.47 Å². The minimum absolute atomic E-state index is 0.191. The zero-order chi connectivity index (χ0) is 16.5. The summed E-state index contributed by atoms with van der Waals surface area (Å²) in [6, 6.07) is 19.3. The molecule has 0 fully saturated rings. The summed E-state index contributed by atoms with van der Waals surface area (Å²) in [7, 11) is 0. The van der Waals surface area contributed by atoms with Crippen LogP contribution in [0.1, 0.15) is 30.9 Å². The summed E-state index contributed by atoms with van der Waals surface area (Å²) in [5.41, 5.74) is 1.97. The Morgan fingerprint density at radius 3 is 1.70 bits per heavy atom. The summed E-state index contributed by atoms with van der Waals surface area (Å²) in [4.78, 5) is 11.2. The van der Waals surface area contributed by atoms with Crippen LogP contribution in [-0.2, 0) is 27.5 Å². The molecule has 0 radical (unpaired) electrons. The molecule has 4 nitrogen and oxygen atoms in total. The maximum atomic E-state index is 11.2. The van der Waals surface area contributed by atoms with Gasteiger partial charge >= 0.3 is 5.97 Å². The predicted octanol–water partition coefficient (Wildman–Crippen LogP) is 4.00. The van der Waals surface area contributed by atoms with Gasteiger partial charge in [0, 0.05) is 0 Å². The van der Waals surface area contributed by atoms with Crippen LogP contribution in [0.3, 0.4) is 0 Å². The third kappa shape index (κ3) is 5.51. The van der Waals surface area contributed by atoms with Crippen molar-refractivity contribution >= 4 is 5.97 Å². The lowest BCUT2D eigenvalue weighted by molar-refractivity contribution is -0.255. The van der Waals surface area contributed by atoms with E-state index in [0.717, 1.165) is 11.1 Å². The van der Waals surface area contributed by atoms with Crippen LogP contribution in [0.5, 0.6) is 0 Å². The molecule has 0 aliphatic carbocycles. The van der Waals surface area contributed by atoms with E-state index in [1.54, 1.807) is 0 Å². The number of rotatable bonds is 9. The lowest BCUT2D eigenvalue weighted by atomic mass is 10.1. The Kier molecular flexibility index (Phi) is 6.32. The number of benzene rings is 2. The highest BCUT2D eigenvalue weighted by molar-refractivity contribution is 5.67. The largest absolute Gasteiger partial charge is 0.481 e. The maximum Gasteiger partial charge on any atom is 0.308 e. The van der Waals surface area contributed by atoms with Crippen molar-refractivity contribution in [3.05, 3.63) is 71.8 Å². The fourth-order valence-corrected chi connectivity index (χ4v) is 2.28. The standard InChI is InChI=1S/C19H22O4/c1-2-19(13-18(20)21,22-14-16-9-5-3-6-10-16)23-15-17-11-7-4-8-12-17/h3-12H,2,13-15H2,1H3,(H,20,21). The van der Waals surface area contributed by atoms with Crippen LogP contribution in [0.15, 0.2) is 60.7 Å². The van der Waals surface area contributed by atoms with Crippen molar-refractivity contribution in [2.75, 3.05) is 0 Å². The number of carboxylic acid groups (broad SMARTS) is 1. The zero-order valence-electron chi connectivity index (χ0n) is 13.3. The minimum atomic E-state index is -1.13. The summed E-state index contributed by atoms with van der Waals surface area (Å²) >= 11 is 0. The molecule has 0 saturated carbocycles. The molecule has 0 aliphatic rings. The van der Waals surface area contributed by atoms with Crippen LogP contribution in [0.25, 0.3) is 0 Å². The molecule has 2 rings (SSSR count). The van der Waals surface area contributed by atoms with Crippen molar-refractivity contribution in [2.24, 2.45) is 0 Å². The first kappa shape index (κ1) is 17.2. The van der Waals surface area contributed by atoms with Crippen molar-refractivity contribution < 1.29 is 19.4 Å². The highest BCUT2D eigenvalue weighted by Gasteiger charge is 2.33. The average Bonchev–Trinajstić information content (AvgIpc) is 2.59. The van der Waals surface area contributed by atoms with E-state index in [-0.39, 0.29) is 6.42 Å². The Balaban J connectivity index is 2.05. The Morgan fingerprint density at radius 2 is 1.35 bits per heavy atom. The first-order valence-corrected chi connectivity index (χ1v) is 7.71. The molecule has 0 aromatic heterocycles. The first-order chi connectivity index (χ1) is 11.1. The minimum Gasteiger partial charge on any atom is -0.481 e. The van der Waals surface area contributed by atoms with Crippen molar-refractivity contribution in [1.29, 1.82) is 0 Å². The number of hydrogen-bond acceptors (Lipinski definition) is 3. The van der Waals surface area contributed by atoms with Gasteiger partial charge in [0.15, 0.2) is 5.79 Å². The normalized spacial score (nSPS) is 11.3. The van der Waals surface area contributed by atoms with Gasteiger partial charge in [0.25, 0.3) is 0 Å². The molecule has 122 valence electrons. The number of carbonyl (C=O) groups is 1. The van der Waals surface area contributed by atoms with Gasteiger partial charge in [-0.25, -0.2) is 0 Å². The molecule has 0 spiro atoms. The Labute approximate surface area is 136 Å². The Hall–Kier alpha value is -2.17. The van der Waals surface area contributed by atoms with E-state index >= 15 is 0 Å². The quantitative estimate of drug-likeness (QED) is 0.711. The Morgan fingerprint density at radius 1 is 0.913 bits per heavy atom. The topological polar surface area (TPSA) is 55.8 Å². The molecule has 2 aromatic carbocycles. The van der Waals surface area contributed by atoms with Gasteiger partial charge in [-0.2, -0.15) is 0 Å². The second-order valence-electron chi connectivity index (χ2n) is 5.38. The molecular formula is C19H22O4. The van der Waals surface area contributed by atoms with E-state index in [1.165, 1.54) is 0 Å². The van der Waals surface area contributed by atoms with Gasteiger partial charge < -0.3 is 14.6 Å². The van der Waals surface area contributed by atoms with Crippen LogP contribution in [0, 0.1) is 0 Å². The third-order valence-corrected chi connectivity index (χ3v) is 3.65. The molecule has 4 heteroatoms. The van der Waals surface area contributed by atoms with Gasteiger partial charge in [-0.3, -0.25) is 4.79 Å². The zero-order valence-corrected chi connectivity index (χ0v) is 13.3. The van der Waals surface area contributed by atoms with Crippen LogP contribution in [-0.4, -0.2) is 16.9 Å². The number of ether oxygens (including phenoxy) is 2. The fourth-order valence-electron chi connectivity index (χ4n) is 2.28. The van der Waals surface area contributed by atoms with Crippen molar-refractivity contribution in [1.82, 2.24) is 0 Å². The van der Waals surface area contributed by atoms with Crippen LogP contribution >= 0.6 is 0 Å². The second-order valence-corrected chi connectivity index (χ2v) is 5.38. The highest BCUT2D eigenvalue weighted by atomic mass is 16.7. The third-order valence-electron chi connectivity index (χ3n) is 3.65. The van der Waals surface area contributed by atoms with Crippen LogP contribution < -0.4 is 0 Å². The van der Waals surface area contributed by atoms with Gasteiger partial charge in [0.2, 0.25) is 0 Å². The van der Waals surface area contributed by atoms with Crippen LogP contribution in [0.4, 0.5) is 0 Å². The molecule has 23 heavy (non-hydrogen) atoms. The fraction of sp³-hybridized carbons (Fsp3) is 0.316. The van der Waals surface area contributed by atoms with Gasteiger partial charge in [-0.15, -0.1) is 0 Å². The molecular weight excluding hydrogens is 292 g/mol. The van der Waals surface area contributed by atoms with E-state index in [2.05, 4.69) is 0 Å². The number of carboxylic acids is 1. The summed E-state index contributed by atoms with van der Waals surface area (Å²) in [5.74, 6) is -2.06. The van der Waals surface area contributed by atoms with Gasteiger partial charge in [0.05, 0.1) is 19.6 Å². The SMILES string of the molecule is CCC(CC(=O)O)(OCc1ccccc1)OCc1ccccc1. The molecule has 0 saturated heterocycles. The van der Waals surface area contributed by atoms with E-state index < -0.39 is 11.8 Å². The second kappa shape index (κ2) is 8.46. The summed E-state index contributed by atoms with van der Waals surface area (Å²) in [6.07, 6.45) is 0.266. The van der Waals surface area contributed by atoms with Crippen LogP contribution in [0.2, 0.25) is 0 Å². The average molecular weight is 314 g/mol. The molecule has 1 N–H and O–H groups in total. The smallest absolute Gasteiger partial charge is 0.308 e. The number of hydrogen-bond donors (Lipinski definition) is 1. The lowest BCUT2D eigenvalue weighted by Crippen LogP contribution is -2.37. The summed E-state index contributed by atoms with van der Waals surface area (Å²) in [6.45, 7) is 2.51. The summed E-state index contributed by atoms with van der Waals surface area (Å²) < 4.78 is 11.8. The molecule has 0 bridgehead atoms. The molecule has 0 unspecified atom stereocenters. The van der Waals surface area contributed by atoms with Gasteiger partial charge in [-0.05, 0) is 17.5 Å². The van der Waals surface area contributed by atoms with E-state index in [1.807, 2.05) is 67.6 Å².